The summed E-state index contributed by atoms with van der Waals surface area (Å²) in [5.41, 5.74) is 0. The monoisotopic (exact) mass is 292 g/mol. The molecule has 0 aromatic heterocycles. The quantitative estimate of drug-likeness (QED) is 0.216. The van der Waals surface area contributed by atoms with E-state index in [0.717, 1.165) is 12.3 Å². The van der Waals surface area contributed by atoms with Gasteiger partial charge in [0, 0.05) is 6.42 Å². The van der Waals surface area contributed by atoms with Crippen molar-refractivity contribution in [1.29, 1.82) is 0 Å². The molecule has 0 N–H and O–H groups in total. The zero-order chi connectivity index (χ0) is 15.6. The topological polar surface area (TPSA) is 0 Å². The summed E-state index contributed by atoms with van der Waals surface area (Å²) < 4.78 is 0. The second-order valence-corrected chi connectivity index (χ2v) is 6.75. The van der Waals surface area contributed by atoms with E-state index >= 15 is 0 Å². The summed E-state index contributed by atoms with van der Waals surface area (Å²) >= 11 is 0. The van der Waals surface area contributed by atoms with Crippen molar-refractivity contribution in [2.24, 2.45) is 5.92 Å². The van der Waals surface area contributed by atoms with Gasteiger partial charge in [-0.05, 0) is 19.3 Å². The van der Waals surface area contributed by atoms with Crippen molar-refractivity contribution in [3.8, 4) is 11.8 Å². The summed E-state index contributed by atoms with van der Waals surface area (Å²) in [7, 11) is 0. The minimum Gasteiger partial charge on any atom is -0.107 e. The van der Waals surface area contributed by atoms with Gasteiger partial charge in [-0.15, -0.1) is 11.8 Å². The Morgan fingerprint density at radius 3 is 1.67 bits per heavy atom. The third kappa shape index (κ3) is 17.5. The van der Waals surface area contributed by atoms with E-state index in [-0.39, 0.29) is 0 Å². The zero-order valence-electron chi connectivity index (χ0n) is 15.2. The Hall–Kier alpha value is -0.440. The van der Waals surface area contributed by atoms with Gasteiger partial charge in [-0.3, -0.25) is 0 Å². The van der Waals surface area contributed by atoms with Crippen molar-refractivity contribution < 1.29 is 0 Å². The highest BCUT2D eigenvalue weighted by atomic mass is 14.1. The lowest BCUT2D eigenvalue weighted by Crippen LogP contribution is -1.95. The Balaban J connectivity index is 3.15. The Labute approximate surface area is 135 Å². The van der Waals surface area contributed by atoms with Gasteiger partial charge in [0.2, 0.25) is 0 Å². The zero-order valence-corrected chi connectivity index (χ0v) is 15.2. The first-order valence-corrected chi connectivity index (χ1v) is 9.70. The van der Waals surface area contributed by atoms with Crippen LogP contribution in [0.4, 0.5) is 0 Å². The van der Waals surface area contributed by atoms with E-state index < -0.39 is 0 Å². The van der Waals surface area contributed by atoms with E-state index in [1.54, 1.807) is 0 Å². The van der Waals surface area contributed by atoms with E-state index in [9.17, 15) is 0 Å². The normalized spacial score (nSPS) is 12.0. The molecule has 0 heterocycles. The largest absolute Gasteiger partial charge is 0.107 e. The molecule has 0 nitrogen and oxygen atoms in total. The van der Waals surface area contributed by atoms with Gasteiger partial charge in [0.25, 0.3) is 0 Å². The SMILES string of the molecule is CC#CCCCCCCCCC(C)CCCCCCCC. The third-order valence-corrected chi connectivity index (χ3v) is 4.48. The Kier molecular flexibility index (Phi) is 17.2. The smallest absolute Gasteiger partial charge is 0.00885 e. The molecule has 1 unspecified atom stereocenters. The molecule has 0 bridgehead atoms. The highest BCUT2D eigenvalue weighted by Crippen LogP contribution is 2.18. The fourth-order valence-electron chi connectivity index (χ4n) is 2.96. The average molecular weight is 293 g/mol. The van der Waals surface area contributed by atoms with Crippen LogP contribution in [0.5, 0.6) is 0 Å². The highest BCUT2D eigenvalue weighted by Gasteiger charge is 2.02. The van der Waals surface area contributed by atoms with Crippen LogP contribution in [0.25, 0.3) is 0 Å². The predicted molar refractivity (Wildman–Crippen MR) is 97.5 cm³/mol. The van der Waals surface area contributed by atoms with Gasteiger partial charge in [0.1, 0.15) is 0 Å². The van der Waals surface area contributed by atoms with Crippen LogP contribution in [0.3, 0.4) is 0 Å². The molecule has 0 saturated heterocycles. The average Bonchev–Trinajstić information content (AvgIpc) is 2.49. The van der Waals surface area contributed by atoms with E-state index in [4.69, 9.17) is 0 Å². The summed E-state index contributed by atoms with van der Waals surface area (Å²) in [6, 6.07) is 0. The highest BCUT2D eigenvalue weighted by molar-refractivity contribution is 4.94. The van der Waals surface area contributed by atoms with Gasteiger partial charge in [0.15, 0.2) is 0 Å². The lowest BCUT2D eigenvalue weighted by molar-refractivity contribution is 0.431. The molecular weight excluding hydrogens is 252 g/mol. The number of rotatable bonds is 15. The van der Waals surface area contributed by atoms with Gasteiger partial charge in [-0.25, -0.2) is 0 Å². The van der Waals surface area contributed by atoms with Gasteiger partial charge in [-0.1, -0.05) is 97.3 Å². The van der Waals surface area contributed by atoms with Gasteiger partial charge in [-0.2, -0.15) is 0 Å². The summed E-state index contributed by atoms with van der Waals surface area (Å²) in [6.45, 7) is 6.68. The molecule has 0 aliphatic heterocycles. The lowest BCUT2D eigenvalue weighted by atomic mass is 9.96. The molecule has 0 aliphatic rings. The van der Waals surface area contributed by atoms with Crippen molar-refractivity contribution in [1.82, 2.24) is 0 Å². The Morgan fingerprint density at radius 2 is 1.14 bits per heavy atom. The molecule has 0 aromatic carbocycles. The first kappa shape index (κ1) is 20.6. The van der Waals surface area contributed by atoms with Crippen LogP contribution in [0.1, 0.15) is 117 Å². The molecule has 0 rings (SSSR count). The molecule has 1 atom stereocenters. The summed E-state index contributed by atoms with van der Waals surface area (Å²) in [6.07, 6.45) is 21.1. The molecule has 0 aliphatic carbocycles. The minimum absolute atomic E-state index is 0.955. The molecule has 21 heavy (non-hydrogen) atoms. The first-order chi connectivity index (χ1) is 10.3. The maximum Gasteiger partial charge on any atom is 0.00885 e. The fraction of sp³-hybridized carbons (Fsp3) is 0.905. The molecule has 0 radical (unpaired) electrons. The number of unbranched alkanes of at least 4 members (excludes halogenated alkanes) is 11. The van der Waals surface area contributed by atoms with E-state index in [1.165, 1.54) is 89.9 Å². The lowest BCUT2D eigenvalue weighted by Gasteiger charge is -2.11. The molecule has 0 aromatic rings. The van der Waals surface area contributed by atoms with E-state index in [1.807, 2.05) is 6.92 Å². The van der Waals surface area contributed by atoms with Crippen molar-refractivity contribution in [2.75, 3.05) is 0 Å². The van der Waals surface area contributed by atoms with E-state index in [2.05, 4.69) is 25.7 Å². The van der Waals surface area contributed by atoms with Crippen LogP contribution in [-0.4, -0.2) is 0 Å². The first-order valence-electron chi connectivity index (χ1n) is 9.70. The van der Waals surface area contributed by atoms with Crippen LogP contribution in [0.2, 0.25) is 0 Å². The summed E-state index contributed by atoms with van der Waals surface area (Å²) in [5.74, 6) is 7.08. The molecule has 0 fully saturated rings. The van der Waals surface area contributed by atoms with Gasteiger partial charge < -0.3 is 0 Å². The second-order valence-electron chi connectivity index (χ2n) is 6.75. The summed E-state index contributed by atoms with van der Waals surface area (Å²) in [4.78, 5) is 0. The van der Waals surface area contributed by atoms with Crippen LogP contribution >= 0.6 is 0 Å². The van der Waals surface area contributed by atoms with Crippen LogP contribution in [-0.2, 0) is 0 Å². The maximum atomic E-state index is 3.15. The predicted octanol–water partition coefficient (Wildman–Crippen LogP) is 7.52. The molecule has 0 amide bonds. The van der Waals surface area contributed by atoms with Crippen LogP contribution < -0.4 is 0 Å². The third-order valence-electron chi connectivity index (χ3n) is 4.48. The van der Waals surface area contributed by atoms with E-state index in [0.29, 0.717) is 0 Å². The number of hydrogen-bond acceptors (Lipinski definition) is 0. The number of hydrogen-bond donors (Lipinski definition) is 0. The molecule has 0 saturated carbocycles. The van der Waals surface area contributed by atoms with Crippen molar-refractivity contribution in [3.63, 3.8) is 0 Å². The standard InChI is InChI=1S/C21H40/c1-4-6-8-10-12-13-14-16-18-20-21(3)19-17-15-11-9-7-5-2/h21H,5,7-20H2,1-3H3. The molecular formula is C21H40. The van der Waals surface area contributed by atoms with Crippen LogP contribution in [0.15, 0.2) is 0 Å². The Bertz CT molecular complexity index is 242. The maximum absolute atomic E-state index is 3.15. The van der Waals surface area contributed by atoms with Crippen molar-refractivity contribution in [3.05, 3.63) is 0 Å². The fourth-order valence-corrected chi connectivity index (χ4v) is 2.96. The Morgan fingerprint density at radius 1 is 0.667 bits per heavy atom. The van der Waals surface area contributed by atoms with Crippen molar-refractivity contribution >= 4 is 0 Å². The molecule has 0 spiro atoms. The van der Waals surface area contributed by atoms with Crippen molar-refractivity contribution in [2.45, 2.75) is 117 Å². The van der Waals surface area contributed by atoms with Gasteiger partial charge >= 0.3 is 0 Å². The van der Waals surface area contributed by atoms with Crippen LogP contribution in [0, 0.1) is 17.8 Å². The molecule has 124 valence electrons. The minimum atomic E-state index is 0.955. The van der Waals surface area contributed by atoms with Gasteiger partial charge in [0.05, 0.1) is 0 Å². The second kappa shape index (κ2) is 17.6. The summed E-state index contributed by atoms with van der Waals surface area (Å²) in [5, 5.41) is 0. The molecule has 0 heteroatoms.